The normalized spacial score (nSPS) is 18.0. The first-order chi connectivity index (χ1) is 9.67. The molecule has 0 bridgehead atoms. The van der Waals surface area contributed by atoms with Gasteiger partial charge in [-0.15, -0.1) is 0 Å². The van der Waals surface area contributed by atoms with Crippen molar-refractivity contribution >= 4 is 0 Å². The fourth-order valence-corrected chi connectivity index (χ4v) is 2.86. The first-order valence-corrected chi connectivity index (χ1v) is 8.18. The summed E-state index contributed by atoms with van der Waals surface area (Å²) in [7, 11) is 0. The lowest BCUT2D eigenvalue weighted by molar-refractivity contribution is 0.163. The molecule has 114 valence electrons. The molecule has 3 heteroatoms. The molecule has 1 aliphatic rings. The van der Waals surface area contributed by atoms with Crippen molar-refractivity contribution < 1.29 is 4.42 Å². The molecule has 0 aliphatic carbocycles. The van der Waals surface area contributed by atoms with Gasteiger partial charge in [-0.25, -0.2) is 0 Å². The van der Waals surface area contributed by atoms with Gasteiger partial charge in [-0.1, -0.05) is 27.2 Å². The van der Waals surface area contributed by atoms with Gasteiger partial charge in [0.1, 0.15) is 11.5 Å². The Labute approximate surface area is 123 Å². The molecule has 2 rings (SSSR count). The zero-order valence-electron chi connectivity index (χ0n) is 13.3. The van der Waals surface area contributed by atoms with Crippen LogP contribution in [0.25, 0.3) is 0 Å². The van der Waals surface area contributed by atoms with Gasteiger partial charge in [0.25, 0.3) is 0 Å². The predicted octanol–water partition coefficient (Wildman–Crippen LogP) is 3.65. The molecular weight excluding hydrogens is 248 g/mol. The smallest absolute Gasteiger partial charge is 0.118 e. The summed E-state index contributed by atoms with van der Waals surface area (Å²) in [4.78, 5) is 2.52. The second-order valence-corrected chi connectivity index (χ2v) is 6.52. The van der Waals surface area contributed by atoms with Crippen LogP contribution in [-0.4, -0.2) is 24.5 Å². The van der Waals surface area contributed by atoms with Crippen molar-refractivity contribution in [3.63, 3.8) is 0 Å². The van der Waals surface area contributed by atoms with Crippen LogP contribution in [0.15, 0.2) is 16.5 Å². The van der Waals surface area contributed by atoms with Crippen LogP contribution in [0.5, 0.6) is 0 Å². The molecule has 0 atom stereocenters. The third-order valence-electron chi connectivity index (χ3n) is 4.23. The van der Waals surface area contributed by atoms with Gasteiger partial charge < -0.3 is 9.73 Å². The minimum Gasteiger partial charge on any atom is -0.463 e. The highest BCUT2D eigenvalue weighted by atomic mass is 16.3. The highest BCUT2D eigenvalue weighted by Crippen LogP contribution is 2.21. The lowest BCUT2D eigenvalue weighted by Gasteiger charge is -2.30. The number of hydrogen-bond acceptors (Lipinski definition) is 3. The fourth-order valence-electron chi connectivity index (χ4n) is 2.86. The Hall–Kier alpha value is -0.800. The maximum Gasteiger partial charge on any atom is 0.118 e. The van der Waals surface area contributed by atoms with E-state index in [-0.39, 0.29) is 0 Å². The van der Waals surface area contributed by atoms with Crippen molar-refractivity contribution in [1.82, 2.24) is 10.2 Å². The van der Waals surface area contributed by atoms with Crippen LogP contribution >= 0.6 is 0 Å². The largest absolute Gasteiger partial charge is 0.463 e. The fraction of sp³-hybridized carbons (Fsp3) is 0.765. The monoisotopic (exact) mass is 278 g/mol. The second kappa shape index (κ2) is 7.84. The summed E-state index contributed by atoms with van der Waals surface area (Å²) in [5, 5.41) is 3.42. The molecule has 1 N–H and O–H groups in total. The van der Waals surface area contributed by atoms with E-state index in [2.05, 4.69) is 43.1 Å². The van der Waals surface area contributed by atoms with Crippen LogP contribution in [0.4, 0.5) is 0 Å². The van der Waals surface area contributed by atoms with E-state index < -0.39 is 0 Å². The molecule has 0 aromatic carbocycles. The molecule has 1 aromatic rings. The Morgan fingerprint density at radius 2 is 1.95 bits per heavy atom. The Kier molecular flexibility index (Phi) is 6.11. The van der Waals surface area contributed by atoms with E-state index in [9.17, 15) is 0 Å². The number of piperidine rings is 1. The maximum atomic E-state index is 5.92. The zero-order chi connectivity index (χ0) is 14.4. The van der Waals surface area contributed by atoms with Crippen molar-refractivity contribution in [2.75, 3.05) is 19.6 Å². The molecule has 3 nitrogen and oxygen atoms in total. The Bertz CT molecular complexity index is 378. The minimum atomic E-state index is 0.685. The molecule has 0 unspecified atom stereocenters. The number of furan rings is 1. The molecule has 0 amide bonds. The first kappa shape index (κ1) is 15.6. The van der Waals surface area contributed by atoms with Gasteiger partial charge in [0.2, 0.25) is 0 Å². The molecule has 1 saturated heterocycles. The van der Waals surface area contributed by atoms with Crippen molar-refractivity contribution in [3.05, 3.63) is 23.7 Å². The zero-order valence-corrected chi connectivity index (χ0v) is 13.3. The van der Waals surface area contributed by atoms with E-state index in [1.165, 1.54) is 32.4 Å². The molecule has 20 heavy (non-hydrogen) atoms. The van der Waals surface area contributed by atoms with Crippen molar-refractivity contribution in [3.8, 4) is 0 Å². The molecule has 1 aliphatic heterocycles. The van der Waals surface area contributed by atoms with Gasteiger partial charge >= 0.3 is 0 Å². The first-order valence-electron chi connectivity index (χ1n) is 8.18. The van der Waals surface area contributed by atoms with E-state index >= 15 is 0 Å². The lowest BCUT2D eigenvalue weighted by atomic mass is 9.94. The van der Waals surface area contributed by atoms with E-state index in [4.69, 9.17) is 4.42 Å². The van der Waals surface area contributed by atoms with Gasteiger partial charge in [-0.05, 0) is 56.4 Å². The van der Waals surface area contributed by atoms with Crippen LogP contribution in [0, 0.1) is 11.8 Å². The van der Waals surface area contributed by atoms with E-state index in [0.717, 1.165) is 37.1 Å². The standard InChI is InChI=1S/C17H30N2O/c1-4-15-7-9-19(10-8-15)13-17-6-5-16(20-17)12-18-11-14(2)3/h5-6,14-15,18H,4,7-13H2,1-3H3. The quantitative estimate of drug-likeness (QED) is 0.825. The molecule has 0 radical (unpaired) electrons. The SMILES string of the molecule is CCC1CCN(Cc2ccc(CNCC(C)C)o2)CC1. The summed E-state index contributed by atoms with van der Waals surface area (Å²) in [5.41, 5.74) is 0. The highest BCUT2D eigenvalue weighted by Gasteiger charge is 2.18. The summed E-state index contributed by atoms with van der Waals surface area (Å²) in [5.74, 6) is 3.80. The molecule has 1 aromatic heterocycles. The average molecular weight is 278 g/mol. The number of nitrogens with one attached hydrogen (secondary N) is 1. The van der Waals surface area contributed by atoms with Gasteiger partial charge in [0.05, 0.1) is 13.1 Å². The average Bonchev–Trinajstić information content (AvgIpc) is 2.87. The maximum absolute atomic E-state index is 5.92. The molecule has 2 heterocycles. The number of hydrogen-bond donors (Lipinski definition) is 1. The highest BCUT2D eigenvalue weighted by molar-refractivity contribution is 5.07. The van der Waals surface area contributed by atoms with Crippen LogP contribution in [-0.2, 0) is 13.1 Å². The lowest BCUT2D eigenvalue weighted by Crippen LogP contribution is -2.32. The van der Waals surface area contributed by atoms with Gasteiger partial charge in [0, 0.05) is 0 Å². The molecule has 0 spiro atoms. The number of rotatable bonds is 7. The summed E-state index contributed by atoms with van der Waals surface area (Å²) in [6.07, 6.45) is 4.03. The van der Waals surface area contributed by atoms with Crippen molar-refractivity contribution in [2.24, 2.45) is 11.8 Å². The van der Waals surface area contributed by atoms with E-state index in [0.29, 0.717) is 5.92 Å². The minimum absolute atomic E-state index is 0.685. The molecule has 1 fully saturated rings. The third kappa shape index (κ3) is 4.95. The van der Waals surface area contributed by atoms with Crippen molar-refractivity contribution in [1.29, 1.82) is 0 Å². The number of likely N-dealkylation sites (tertiary alicyclic amines) is 1. The van der Waals surface area contributed by atoms with Crippen LogP contribution in [0.2, 0.25) is 0 Å². The Morgan fingerprint density at radius 3 is 2.60 bits per heavy atom. The van der Waals surface area contributed by atoms with Gasteiger partial charge in [0.15, 0.2) is 0 Å². The summed E-state index contributed by atoms with van der Waals surface area (Å²) < 4.78 is 5.92. The topological polar surface area (TPSA) is 28.4 Å². The van der Waals surface area contributed by atoms with Gasteiger partial charge in [-0.3, -0.25) is 4.90 Å². The van der Waals surface area contributed by atoms with E-state index in [1.54, 1.807) is 0 Å². The molecule has 0 saturated carbocycles. The predicted molar refractivity (Wildman–Crippen MR) is 83.5 cm³/mol. The Balaban J connectivity index is 1.72. The summed E-state index contributed by atoms with van der Waals surface area (Å²) in [6, 6.07) is 4.25. The van der Waals surface area contributed by atoms with Crippen LogP contribution in [0.1, 0.15) is 51.6 Å². The van der Waals surface area contributed by atoms with Gasteiger partial charge in [-0.2, -0.15) is 0 Å². The Morgan fingerprint density at radius 1 is 1.25 bits per heavy atom. The molecular formula is C17H30N2O. The van der Waals surface area contributed by atoms with Crippen molar-refractivity contribution in [2.45, 2.75) is 53.1 Å². The van der Waals surface area contributed by atoms with E-state index in [1.807, 2.05) is 0 Å². The summed E-state index contributed by atoms with van der Waals surface area (Å²) >= 11 is 0. The number of nitrogens with zero attached hydrogens (tertiary/aromatic N) is 1. The third-order valence-corrected chi connectivity index (χ3v) is 4.23. The van der Waals surface area contributed by atoms with Crippen LogP contribution < -0.4 is 5.32 Å². The second-order valence-electron chi connectivity index (χ2n) is 6.52. The summed E-state index contributed by atoms with van der Waals surface area (Å²) in [6.45, 7) is 12.1. The van der Waals surface area contributed by atoms with Crippen LogP contribution in [0.3, 0.4) is 0 Å².